The number of aryl methyl sites for hydroxylation is 1. The van der Waals surface area contributed by atoms with E-state index in [1.165, 1.54) is 10.4 Å². The highest BCUT2D eigenvalue weighted by Gasteiger charge is 1.98. The number of hydrogen-bond acceptors (Lipinski definition) is 3. The Hall–Kier alpha value is -0.870. The van der Waals surface area contributed by atoms with Gasteiger partial charge in [0, 0.05) is 11.3 Å². The molecule has 72 valence electrons. The number of carboxylic acid groups (broad SMARTS) is 1. The number of carboxylic acids is 1. The minimum atomic E-state index is -0.914. The zero-order chi connectivity index (χ0) is 9.68. The second-order valence-electron chi connectivity index (χ2n) is 2.79. The number of thiophene rings is 1. The van der Waals surface area contributed by atoms with Crippen molar-refractivity contribution in [2.24, 2.45) is 0 Å². The summed E-state index contributed by atoms with van der Waals surface area (Å²) in [7, 11) is 0. The molecule has 1 aromatic rings. The van der Waals surface area contributed by atoms with Crippen molar-refractivity contribution >= 4 is 17.3 Å². The third kappa shape index (κ3) is 4.05. The van der Waals surface area contributed by atoms with Crippen LogP contribution in [0, 0.1) is 6.92 Å². The molecule has 0 saturated heterocycles. The van der Waals surface area contributed by atoms with Crippen molar-refractivity contribution in [3.8, 4) is 0 Å². The Morgan fingerprint density at radius 1 is 1.69 bits per heavy atom. The zero-order valence-electron chi connectivity index (χ0n) is 7.45. The molecule has 0 aromatic carbocycles. The van der Waals surface area contributed by atoms with Crippen LogP contribution in [0.1, 0.15) is 10.4 Å². The summed E-state index contributed by atoms with van der Waals surface area (Å²) in [6.45, 7) is 2.31. The van der Waals surface area contributed by atoms with Gasteiger partial charge in [0.15, 0.2) is 0 Å². The molecule has 1 aromatic heterocycles. The number of aliphatic carboxylic acids is 1. The van der Waals surface area contributed by atoms with Crippen LogP contribution < -0.4 is 0 Å². The van der Waals surface area contributed by atoms with Gasteiger partial charge in [-0.15, -0.1) is 11.3 Å². The van der Waals surface area contributed by atoms with E-state index in [0.29, 0.717) is 6.61 Å². The van der Waals surface area contributed by atoms with Crippen molar-refractivity contribution in [1.82, 2.24) is 0 Å². The van der Waals surface area contributed by atoms with Crippen LogP contribution in [-0.4, -0.2) is 24.3 Å². The highest BCUT2D eigenvalue weighted by Crippen LogP contribution is 2.13. The smallest absolute Gasteiger partial charge is 0.329 e. The maximum absolute atomic E-state index is 10.1. The van der Waals surface area contributed by atoms with Gasteiger partial charge in [0.05, 0.1) is 6.61 Å². The summed E-state index contributed by atoms with van der Waals surface area (Å²) in [5.74, 6) is -0.914. The van der Waals surface area contributed by atoms with E-state index in [9.17, 15) is 4.79 Å². The first kappa shape index (κ1) is 10.2. The Bertz CT molecular complexity index is 280. The summed E-state index contributed by atoms with van der Waals surface area (Å²) in [6, 6.07) is 2.09. The lowest BCUT2D eigenvalue weighted by atomic mass is 10.3. The Morgan fingerprint density at radius 3 is 3.00 bits per heavy atom. The predicted octanol–water partition coefficient (Wildman–Crippen LogP) is 1.70. The number of ether oxygens (including phenoxy) is 1. The van der Waals surface area contributed by atoms with E-state index in [4.69, 9.17) is 9.84 Å². The molecule has 0 fully saturated rings. The van der Waals surface area contributed by atoms with E-state index in [-0.39, 0.29) is 6.61 Å². The van der Waals surface area contributed by atoms with Crippen LogP contribution in [0.3, 0.4) is 0 Å². The first-order valence-corrected chi connectivity index (χ1v) is 4.90. The van der Waals surface area contributed by atoms with Crippen molar-refractivity contribution in [3.05, 3.63) is 21.9 Å². The van der Waals surface area contributed by atoms with Gasteiger partial charge in [0.25, 0.3) is 0 Å². The molecule has 0 aliphatic rings. The first-order valence-electron chi connectivity index (χ1n) is 4.02. The fourth-order valence-electron chi connectivity index (χ4n) is 0.954. The van der Waals surface area contributed by atoms with Crippen molar-refractivity contribution in [2.75, 3.05) is 13.2 Å². The van der Waals surface area contributed by atoms with Gasteiger partial charge in [-0.05, 0) is 23.9 Å². The minimum Gasteiger partial charge on any atom is -0.480 e. The lowest BCUT2D eigenvalue weighted by Crippen LogP contribution is -2.08. The second kappa shape index (κ2) is 4.99. The average Bonchev–Trinajstić information content (AvgIpc) is 2.45. The molecule has 0 atom stereocenters. The molecule has 0 amide bonds. The van der Waals surface area contributed by atoms with Gasteiger partial charge in [0.1, 0.15) is 6.61 Å². The quantitative estimate of drug-likeness (QED) is 0.736. The normalized spacial score (nSPS) is 10.2. The summed E-state index contributed by atoms with van der Waals surface area (Å²) in [6.07, 6.45) is 0.797. The predicted molar refractivity (Wildman–Crippen MR) is 51.2 cm³/mol. The van der Waals surface area contributed by atoms with E-state index in [1.54, 1.807) is 11.3 Å². The van der Waals surface area contributed by atoms with Gasteiger partial charge in [-0.2, -0.15) is 0 Å². The van der Waals surface area contributed by atoms with Crippen molar-refractivity contribution in [3.63, 3.8) is 0 Å². The summed E-state index contributed by atoms with van der Waals surface area (Å²) < 4.78 is 4.92. The lowest BCUT2D eigenvalue weighted by Gasteiger charge is -1.98. The van der Waals surface area contributed by atoms with Crippen LogP contribution in [0.4, 0.5) is 0 Å². The summed E-state index contributed by atoms with van der Waals surface area (Å²) in [5, 5.41) is 10.4. The zero-order valence-corrected chi connectivity index (χ0v) is 8.26. The minimum absolute atomic E-state index is 0.204. The van der Waals surface area contributed by atoms with Crippen molar-refractivity contribution in [1.29, 1.82) is 0 Å². The second-order valence-corrected chi connectivity index (χ2v) is 3.78. The summed E-state index contributed by atoms with van der Waals surface area (Å²) in [4.78, 5) is 11.3. The molecule has 1 N–H and O–H groups in total. The van der Waals surface area contributed by atoms with Crippen LogP contribution in [0.5, 0.6) is 0 Å². The molecule has 0 bridgehead atoms. The Kier molecular flexibility index (Phi) is 3.92. The van der Waals surface area contributed by atoms with E-state index < -0.39 is 5.97 Å². The van der Waals surface area contributed by atoms with Gasteiger partial charge in [-0.25, -0.2) is 4.79 Å². The highest BCUT2D eigenvalue weighted by molar-refractivity contribution is 7.10. The number of carbonyl (C=O) groups is 1. The fourth-order valence-corrected chi connectivity index (χ4v) is 1.81. The van der Waals surface area contributed by atoms with Crippen LogP contribution in [0.25, 0.3) is 0 Å². The topological polar surface area (TPSA) is 46.5 Å². The van der Waals surface area contributed by atoms with Gasteiger partial charge in [0.2, 0.25) is 0 Å². The van der Waals surface area contributed by atoms with Gasteiger partial charge in [-0.1, -0.05) is 0 Å². The van der Waals surface area contributed by atoms with Crippen LogP contribution >= 0.6 is 11.3 Å². The standard InChI is InChI=1S/C9H12O3S/c1-7-4-8(13-6-7)2-3-12-5-9(10)11/h4,6H,2-3,5H2,1H3,(H,10,11). The maximum Gasteiger partial charge on any atom is 0.329 e. The first-order chi connectivity index (χ1) is 6.18. The number of rotatable bonds is 5. The molecular formula is C9H12O3S. The summed E-state index contributed by atoms with van der Waals surface area (Å²) >= 11 is 1.68. The highest BCUT2D eigenvalue weighted by atomic mass is 32.1. The van der Waals surface area contributed by atoms with E-state index in [0.717, 1.165) is 6.42 Å². The molecule has 0 saturated carbocycles. The SMILES string of the molecule is Cc1csc(CCOCC(=O)O)c1. The molecule has 0 aliphatic carbocycles. The lowest BCUT2D eigenvalue weighted by molar-refractivity contribution is -0.142. The van der Waals surface area contributed by atoms with Gasteiger partial charge < -0.3 is 9.84 Å². The Morgan fingerprint density at radius 2 is 2.46 bits per heavy atom. The Labute approximate surface area is 81.0 Å². The molecule has 1 heterocycles. The molecule has 1 rings (SSSR count). The maximum atomic E-state index is 10.1. The Balaban J connectivity index is 2.16. The van der Waals surface area contributed by atoms with E-state index in [2.05, 4.69) is 11.4 Å². The van der Waals surface area contributed by atoms with E-state index >= 15 is 0 Å². The fraction of sp³-hybridized carbons (Fsp3) is 0.444. The van der Waals surface area contributed by atoms with Crippen molar-refractivity contribution in [2.45, 2.75) is 13.3 Å². The largest absolute Gasteiger partial charge is 0.480 e. The molecule has 0 aliphatic heterocycles. The molecule has 13 heavy (non-hydrogen) atoms. The molecular weight excluding hydrogens is 188 g/mol. The molecule has 3 nitrogen and oxygen atoms in total. The molecule has 0 spiro atoms. The molecule has 4 heteroatoms. The van der Waals surface area contributed by atoms with Gasteiger partial charge >= 0.3 is 5.97 Å². The third-order valence-electron chi connectivity index (χ3n) is 1.50. The van der Waals surface area contributed by atoms with Gasteiger partial charge in [-0.3, -0.25) is 0 Å². The monoisotopic (exact) mass is 200 g/mol. The van der Waals surface area contributed by atoms with Crippen LogP contribution in [0.2, 0.25) is 0 Å². The summed E-state index contributed by atoms with van der Waals surface area (Å²) in [5.41, 5.74) is 1.25. The van der Waals surface area contributed by atoms with E-state index in [1.807, 2.05) is 6.92 Å². The third-order valence-corrected chi connectivity index (χ3v) is 2.62. The van der Waals surface area contributed by atoms with Crippen LogP contribution in [-0.2, 0) is 16.0 Å². The average molecular weight is 200 g/mol. The van der Waals surface area contributed by atoms with Crippen molar-refractivity contribution < 1.29 is 14.6 Å². The van der Waals surface area contributed by atoms with Crippen LogP contribution in [0.15, 0.2) is 11.4 Å². The number of hydrogen-bond donors (Lipinski definition) is 1. The molecule has 0 radical (unpaired) electrons. The molecule has 0 unspecified atom stereocenters.